The molecule has 0 atom stereocenters. The standard InChI is InChI=1S/C30H30O/c1-22-8-10-25(11-9-22)20-23(2)28-17-16-27(30(21-28)26-6-4-5-7-26)15-12-24-13-18-29(31-3)19-14-24/h8-11,13-14,16-21,26H,4-7H2,1-3H3. The van der Waals surface area contributed by atoms with E-state index >= 15 is 0 Å². The number of allylic oxidation sites excluding steroid dienone is 1. The molecule has 1 fully saturated rings. The van der Waals surface area contributed by atoms with Gasteiger partial charge in [-0.05, 0) is 91.3 Å². The van der Waals surface area contributed by atoms with Gasteiger partial charge in [0.05, 0.1) is 7.11 Å². The highest BCUT2D eigenvalue weighted by Gasteiger charge is 2.20. The van der Waals surface area contributed by atoms with E-state index in [4.69, 9.17) is 4.74 Å². The largest absolute Gasteiger partial charge is 0.497 e. The highest BCUT2D eigenvalue weighted by Crippen LogP contribution is 2.37. The van der Waals surface area contributed by atoms with Crippen molar-refractivity contribution in [2.45, 2.75) is 45.4 Å². The average Bonchev–Trinajstić information content (AvgIpc) is 3.34. The normalized spacial score (nSPS) is 14.2. The molecule has 1 saturated carbocycles. The zero-order chi connectivity index (χ0) is 21.6. The first-order valence-electron chi connectivity index (χ1n) is 11.2. The molecule has 0 N–H and O–H groups in total. The van der Waals surface area contributed by atoms with Crippen LogP contribution < -0.4 is 4.74 Å². The fraction of sp³-hybridized carbons (Fsp3) is 0.267. The van der Waals surface area contributed by atoms with Crippen LogP contribution >= 0.6 is 0 Å². The second-order valence-electron chi connectivity index (χ2n) is 8.50. The number of rotatable bonds is 4. The van der Waals surface area contributed by atoms with Crippen LogP contribution in [0.25, 0.3) is 11.6 Å². The van der Waals surface area contributed by atoms with Crippen LogP contribution in [0.15, 0.2) is 66.7 Å². The van der Waals surface area contributed by atoms with E-state index < -0.39 is 0 Å². The molecule has 0 heterocycles. The Labute approximate surface area is 186 Å². The Morgan fingerprint density at radius 1 is 0.903 bits per heavy atom. The van der Waals surface area contributed by atoms with Crippen LogP contribution in [0, 0.1) is 18.8 Å². The maximum absolute atomic E-state index is 5.25. The summed E-state index contributed by atoms with van der Waals surface area (Å²) < 4.78 is 5.25. The molecule has 1 heteroatoms. The minimum absolute atomic E-state index is 0.618. The molecule has 0 radical (unpaired) electrons. The van der Waals surface area contributed by atoms with Gasteiger partial charge < -0.3 is 4.74 Å². The molecule has 31 heavy (non-hydrogen) atoms. The third kappa shape index (κ3) is 5.28. The molecule has 1 aliphatic carbocycles. The van der Waals surface area contributed by atoms with Gasteiger partial charge in [0.1, 0.15) is 5.75 Å². The Bertz CT molecular complexity index is 1120. The van der Waals surface area contributed by atoms with E-state index in [0.717, 1.165) is 16.9 Å². The predicted octanol–water partition coefficient (Wildman–Crippen LogP) is 7.62. The second-order valence-corrected chi connectivity index (χ2v) is 8.50. The third-order valence-electron chi connectivity index (χ3n) is 6.19. The molecular weight excluding hydrogens is 376 g/mol. The van der Waals surface area contributed by atoms with Gasteiger partial charge in [0, 0.05) is 11.1 Å². The summed E-state index contributed by atoms with van der Waals surface area (Å²) >= 11 is 0. The SMILES string of the molecule is COc1ccc(C#Cc2ccc(C(C)=Cc3ccc(C)cc3)cc2C2CCCC2)cc1. The summed E-state index contributed by atoms with van der Waals surface area (Å²) in [6.07, 6.45) is 7.44. The molecule has 0 aliphatic heterocycles. The van der Waals surface area contributed by atoms with Gasteiger partial charge in [-0.3, -0.25) is 0 Å². The summed E-state index contributed by atoms with van der Waals surface area (Å²) in [6.45, 7) is 4.33. The van der Waals surface area contributed by atoms with Crippen molar-refractivity contribution in [2.24, 2.45) is 0 Å². The summed E-state index contributed by atoms with van der Waals surface area (Å²) in [5, 5.41) is 0. The molecule has 0 bridgehead atoms. The molecule has 3 aromatic rings. The fourth-order valence-electron chi connectivity index (χ4n) is 4.31. The fourth-order valence-corrected chi connectivity index (χ4v) is 4.31. The van der Waals surface area contributed by atoms with Crippen molar-refractivity contribution in [3.8, 4) is 17.6 Å². The molecule has 0 unspecified atom stereocenters. The Morgan fingerprint density at radius 3 is 2.29 bits per heavy atom. The number of benzene rings is 3. The molecule has 156 valence electrons. The number of hydrogen-bond donors (Lipinski definition) is 0. The maximum Gasteiger partial charge on any atom is 0.118 e. The lowest BCUT2D eigenvalue weighted by Crippen LogP contribution is -1.98. The monoisotopic (exact) mass is 406 g/mol. The minimum Gasteiger partial charge on any atom is -0.497 e. The molecule has 1 aliphatic rings. The van der Waals surface area contributed by atoms with Gasteiger partial charge in [-0.1, -0.05) is 66.7 Å². The Hall–Kier alpha value is -3.24. The van der Waals surface area contributed by atoms with Gasteiger partial charge in [-0.15, -0.1) is 0 Å². The van der Waals surface area contributed by atoms with Gasteiger partial charge in [0.25, 0.3) is 0 Å². The van der Waals surface area contributed by atoms with Crippen LogP contribution in [-0.4, -0.2) is 7.11 Å². The molecule has 0 spiro atoms. The molecule has 0 aromatic heterocycles. The lowest BCUT2D eigenvalue weighted by molar-refractivity contribution is 0.415. The Balaban J connectivity index is 1.66. The zero-order valence-electron chi connectivity index (χ0n) is 18.7. The predicted molar refractivity (Wildman–Crippen MR) is 131 cm³/mol. The summed E-state index contributed by atoms with van der Waals surface area (Å²) in [4.78, 5) is 0. The smallest absolute Gasteiger partial charge is 0.118 e. The van der Waals surface area contributed by atoms with Crippen molar-refractivity contribution in [3.63, 3.8) is 0 Å². The van der Waals surface area contributed by atoms with Gasteiger partial charge in [0.2, 0.25) is 0 Å². The lowest BCUT2D eigenvalue weighted by Gasteiger charge is -2.15. The highest BCUT2D eigenvalue weighted by molar-refractivity contribution is 5.80. The second kappa shape index (κ2) is 9.71. The molecule has 4 rings (SSSR count). The molecule has 1 nitrogen and oxygen atoms in total. The van der Waals surface area contributed by atoms with Crippen LogP contribution in [0.4, 0.5) is 0 Å². The number of hydrogen-bond acceptors (Lipinski definition) is 1. The van der Waals surface area contributed by atoms with Crippen LogP contribution in [0.2, 0.25) is 0 Å². The van der Waals surface area contributed by atoms with E-state index in [1.54, 1.807) is 7.11 Å². The van der Waals surface area contributed by atoms with Crippen molar-refractivity contribution in [1.29, 1.82) is 0 Å². The van der Waals surface area contributed by atoms with Gasteiger partial charge in [0.15, 0.2) is 0 Å². The van der Waals surface area contributed by atoms with Crippen molar-refractivity contribution < 1.29 is 4.74 Å². The Kier molecular flexibility index (Phi) is 6.58. The average molecular weight is 407 g/mol. The summed E-state index contributed by atoms with van der Waals surface area (Å²) in [5.74, 6) is 8.28. The van der Waals surface area contributed by atoms with Crippen LogP contribution in [0.3, 0.4) is 0 Å². The van der Waals surface area contributed by atoms with E-state index in [9.17, 15) is 0 Å². The first-order valence-corrected chi connectivity index (χ1v) is 11.2. The van der Waals surface area contributed by atoms with E-state index in [0.29, 0.717) is 5.92 Å². The first-order chi connectivity index (χ1) is 15.1. The van der Waals surface area contributed by atoms with E-state index in [2.05, 4.69) is 74.2 Å². The van der Waals surface area contributed by atoms with Crippen molar-refractivity contribution in [3.05, 3.63) is 100 Å². The van der Waals surface area contributed by atoms with Gasteiger partial charge in [-0.2, -0.15) is 0 Å². The molecule has 3 aromatic carbocycles. The highest BCUT2D eigenvalue weighted by atomic mass is 16.5. The summed E-state index contributed by atoms with van der Waals surface area (Å²) in [7, 11) is 1.69. The number of ether oxygens (including phenoxy) is 1. The van der Waals surface area contributed by atoms with E-state index in [1.807, 2.05) is 24.3 Å². The van der Waals surface area contributed by atoms with Crippen molar-refractivity contribution in [2.75, 3.05) is 7.11 Å². The zero-order valence-corrected chi connectivity index (χ0v) is 18.7. The van der Waals surface area contributed by atoms with Gasteiger partial charge in [-0.25, -0.2) is 0 Å². The minimum atomic E-state index is 0.618. The van der Waals surface area contributed by atoms with E-state index in [1.165, 1.54) is 53.5 Å². The van der Waals surface area contributed by atoms with Crippen LogP contribution in [-0.2, 0) is 0 Å². The van der Waals surface area contributed by atoms with Gasteiger partial charge >= 0.3 is 0 Å². The summed E-state index contributed by atoms with van der Waals surface area (Å²) in [5.41, 5.74) is 8.70. The van der Waals surface area contributed by atoms with Crippen LogP contribution in [0.5, 0.6) is 5.75 Å². The van der Waals surface area contributed by atoms with Crippen LogP contribution in [0.1, 0.15) is 71.9 Å². The first kappa shape index (κ1) is 21.0. The number of methoxy groups -OCH3 is 1. The summed E-state index contributed by atoms with van der Waals surface area (Å²) in [6, 6.07) is 23.5. The van der Waals surface area contributed by atoms with Crippen molar-refractivity contribution in [1.82, 2.24) is 0 Å². The quantitative estimate of drug-likeness (QED) is 0.320. The van der Waals surface area contributed by atoms with E-state index in [-0.39, 0.29) is 0 Å². The maximum atomic E-state index is 5.25. The lowest BCUT2D eigenvalue weighted by atomic mass is 9.89. The Morgan fingerprint density at radius 2 is 1.61 bits per heavy atom. The molecule has 0 amide bonds. The molecular formula is C30H30O. The third-order valence-corrected chi connectivity index (χ3v) is 6.19. The topological polar surface area (TPSA) is 9.23 Å². The number of aryl methyl sites for hydroxylation is 1. The van der Waals surface area contributed by atoms with Crippen molar-refractivity contribution >= 4 is 11.6 Å². The molecule has 0 saturated heterocycles.